The second kappa shape index (κ2) is 4.68. The number of aryl methyl sites for hydroxylation is 1. The molecule has 0 bridgehead atoms. The fourth-order valence-corrected chi connectivity index (χ4v) is 2.00. The number of ether oxygens (including phenoxy) is 1. The quantitative estimate of drug-likeness (QED) is 0.756. The van der Waals surface area contributed by atoms with Crippen LogP contribution < -0.4 is 5.56 Å². The molecule has 1 unspecified atom stereocenters. The normalized spacial score (nSPS) is 19.2. The molecule has 2 heterocycles. The third-order valence-corrected chi connectivity index (χ3v) is 3.20. The topological polar surface area (TPSA) is 67.9 Å². The van der Waals surface area contributed by atoms with Crippen molar-refractivity contribution < 1.29 is 4.74 Å². The van der Waals surface area contributed by atoms with Crippen LogP contribution in [0.2, 0.25) is 0 Å². The first-order valence-corrected chi connectivity index (χ1v) is 5.69. The molecule has 0 spiro atoms. The molecule has 1 aromatic heterocycles. The Hall–Kier alpha value is -1.67. The molecule has 1 atom stereocenters. The van der Waals surface area contributed by atoms with Crippen molar-refractivity contribution in [3.63, 3.8) is 0 Å². The second-order valence-corrected chi connectivity index (χ2v) is 4.41. The van der Waals surface area contributed by atoms with Crippen molar-refractivity contribution >= 4 is 0 Å². The number of nitriles is 1. The lowest BCUT2D eigenvalue weighted by Gasteiger charge is -2.11. The zero-order valence-corrected chi connectivity index (χ0v) is 10.1. The zero-order chi connectivity index (χ0) is 12.4. The fourth-order valence-electron chi connectivity index (χ4n) is 2.00. The van der Waals surface area contributed by atoms with Gasteiger partial charge in [0.1, 0.15) is 11.6 Å². The lowest BCUT2D eigenvalue weighted by molar-refractivity contribution is 0.181. The largest absolute Gasteiger partial charge is 0.381 e. The summed E-state index contributed by atoms with van der Waals surface area (Å²) in [5, 5.41) is 13.2. The maximum atomic E-state index is 12.0. The first-order chi connectivity index (χ1) is 8.13. The molecule has 0 saturated carbocycles. The summed E-state index contributed by atoms with van der Waals surface area (Å²) in [6.07, 6.45) is 0.947. The third-order valence-electron chi connectivity index (χ3n) is 3.20. The molecule has 90 valence electrons. The van der Waals surface area contributed by atoms with Crippen LogP contribution in [0.1, 0.15) is 23.2 Å². The van der Waals surface area contributed by atoms with Gasteiger partial charge in [-0.05, 0) is 25.8 Å². The summed E-state index contributed by atoms with van der Waals surface area (Å²) >= 11 is 0. The molecule has 1 aliphatic rings. The molecule has 0 N–H and O–H groups in total. The Morgan fingerprint density at radius 3 is 2.94 bits per heavy atom. The Morgan fingerprint density at radius 2 is 2.35 bits per heavy atom. The van der Waals surface area contributed by atoms with Crippen molar-refractivity contribution in [1.29, 1.82) is 5.26 Å². The van der Waals surface area contributed by atoms with Crippen LogP contribution >= 0.6 is 0 Å². The van der Waals surface area contributed by atoms with E-state index < -0.39 is 0 Å². The molecule has 2 rings (SSSR count). The van der Waals surface area contributed by atoms with E-state index in [4.69, 9.17) is 10.00 Å². The summed E-state index contributed by atoms with van der Waals surface area (Å²) in [7, 11) is 0. The molecule has 1 aromatic rings. The van der Waals surface area contributed by atoms with Crippen LogP contribution in [-0.2, 0) is 11.3 Å². The van der Waals surface area contributed by atoms with Crippen molar-refractivity contribution in [1.82, 2.24) is 9.78 Å². The van der Waals surface area contributed by atoms with E-state index in [1.54, 1.807) is 6.92 Å². The van der Waals surface area contributed by atoms with E-state index in [1.807, 2.05) is 13.0 Å². The number of aromatic nitrogens is 2. The zero-order valence-electron chi connectivity index (χ0n) is 10.1. The molecular weight excluding hydrogens is 218 g/mol. The predicted octanol–water partition coefficient (Wildman–Crippen LogP) is 0.768. The highest BCUT2D eigenvalue weighted by atomic mass is 16.5. The summed E-state index contributed by atoms with van der Waals surface area (Å²) in [6, 6.07) is 1.97. The number of nitrogens with zero attached hydrogens (tertiary/aromatic N) is 3. The van der Waals surface area contributed by atoms with Gasteiger partial charge in [-0.25, -0.2) is 4.68 Å². The van der Waals surface area contributed by atoms with Gasteiger partial charge in [0, 0.05) is 12.5 Å². The summed E-state index contributed by atoms with van der Waals surface area (Å²) in [5.41, 5.74) is 1.33. The Labute approximate surface area is 99.6 Å². The molecule has 1 aliphatic heterocycles. The SMILES string of the molecule is Cc1nn(CC2CCOC2)c(=O)c(C#N)c1C. The van der Waals surface area contributed by atoms with E-state index in [9.17, 15) is 4.79 Å². The third kappa shape index (κ3) is 2.22. The first kappa shape index (κ1) is 11.8. The number of hydrogen-bond donors (Lipinski definition) is 0. The molecule has 1 saturated heterocycles. The van der Waals surface area contributed by atoms with Crippen molar-refractivity contribution in [2.24, 2.45) is 5.92 Å². The Balaban J connectivity index is 2.38. The average molecular weight is 233 g/mol. The van der Waals surface area contributed by atoms with Gasteiger partial charge in [-0.3, -0.25) is 4.79 Å². The van der Waals surface area contributed by atoms with Gasteiger partial charge in [-0.15, -0.1) is 0 Å². The fraction of sp³-hybridized carbons (Fsp3) is 0.583. The summed E-state index contributed by atoms with van der Waals surface area (Å²) in [6.45, 7) is 5.52. The van der Waals surface area contributed by atoms with Crippen LogP contribution in [0.5, 0.6) is 0 Å². The number of rotatable bonds is 2. The van der Waals surface area contributed by atoms with Crippen LogP contribution in [0.3, 0.4) is 0 Å². The highest BCUT2D eigenvalue weighted by Crippen LogP contribution is 2.14. The van der Waals surface area contributed by atoms with Gasteiger partial charge in [0.2, 0.25) is 0 Å². The monoisotopic (exact) mass is 233 g/mol. The molecular formula is C12H15N3O2. The van der Waals surface area contributed by atoms with E-state index in [0.29, 0.717) is 24.6 Å². The van der Waals surface area contributed by atoms with Gasteiger partial charge in [0.25, 0.3) is 5.56 Å². The Bertz CT molecular complexity index is 522. The van der Waals surface area contributed by atoms with Crippen molar-refractivity contribution in [2.75, 3.05) is 13.2 Å². The Kier molecular flexibility index (Phi) is 3.25. The average Bonchev–Trinajstić information content (AvgIpc) is 2.79. The van der Waals surface area contributed by atoms with Crippen LogP contribution in [0, 0.1) is 31.1 Å². The summed E-state index contributed by atoms with van der Waals surface area (Å²) < 4.78 is 6.67. The van der Waals surface area contributed by atoms with Crippen LogP contribution in [0.4, 0.5) is 0 Å². The maximum absolute atomic E-state index is 12.0. The molecule has 0 aliphatic carbocycles. The molecule has 17 heavy (non-hydrogen) atoms. The molecule has 1 fully saturated rings. The predicted molar refractivity (Wildman–Crippen MR) is 61.6 cm³/mol. The lowest BCUT2D eigenvalue weighted by Crippen LogP contribution is -2.30. The van der Waals surface area contributed by atoms with Crippen LogP contribution in [0.15, 0.2) is 4.79 Å². The standard InChI is InChI=1S/C12H15N3O2/c1-8-9(2)14-15(12(16)11(8)5-13)6-10-3-4-17-7-10/h10H,3-4,6-7H2,1-2H3. The highest BCUT2D eigenvalue weighted by Gasteiger charge is 2.19. The summed E-state index contributed by atoms with van der Waals surface area (Å²) in [5.74, 6) is 0.328. The Morgan fingerprint density at radius 1 is 1.59 bits per heavy atom. The van der Waals surface area contributed by atoms with Gasteiger partial charge < -0.3 is 4.74 Å². The lowest BCUT2D eigenvalue weighted by atomic mass is 10.1. The first-order valence-electron chi connectivity index (χ1n) is 5.69. The smallest absolute Gasteiger partial charge is 0.284 e. The molecule has 0 aromatic carbocycles. The maximum Gasteiger partial charge on any atom is 0.284 e. The molecule has 5 heteroatoms. The second-order valence-electron chi connectivity index (χ2n) is 4.41. The minimum absolute atomic E-state index is 0.205. The van der Waals surface area contributed by atoms with Crippen molar-refractivity contribution in [3.8, 4) is 6.07 Å². The van der Waals surface area contributed by atoms with E-state index in [0.717, 1.165) is 18.7 Å². The minimum Gasteiger partial charge on any atom is -0.381 e. The summed E-state index contributed by atoms with van der Waals surface area (Å²) in [4.78, 5) is 12.0. The van der Waals surface area contributed by atoms with Gasteiger partial charge >= 0.3 is 0 Å². The molecule has 0 amide bonds. The van der Waals surface area contributed by atoms with E-state index >= 15 is 0 Å². The molecule has 5 nitrogen and oxygen atoms in total. The van der Waals surface area contributed by atoms with Gasteiger partial charge in [-0.2, -0.15) is 10.4 Å². The van der Waals surface area contributed by atoms with Gasteiger partial charge in [0.15, 0.2) is 0 Å². The van der Waals surface area contributed by atoms with E-state index in [2.05, 4.69) is 5.10 Å². The van der Waals surface area contributed by atoms with Crippen molar-refractivity contribution in [3.05, 3.63) is 27.2 Å². The van der Waals surface area contributed by atoms with Crippen LogP contribution in [-0.4, -0.2) is 23.0 Å². The van der Waals surface area contributed by atoms with E-state index in [1.165, 1.54) is 4.68 Å². The van der Waals surface area contributed by atoms with Gasteiger partial charge in [-0.1, -0.05) is 0 Å². The van der Waals surface area contributed by atoms with Crippen molar-refractivity contribution in [2.45, 2.75) is 26.8 Å². The molecule has 0 radical (unpaired) electrons. The van der Waals surface area contributed by atoms with E-state index in [-0.39, 0.29) is 11.1 Å². The number of hydrogen-bond acceptors (Lipinski definition) is 4. The van der Waals surface area contributed by atoms with Gasteiger partial charge in [0.05, 0.1) is 18.8 Å². The highest BCUT2D eigenvalue weighted by molar-refractivity contribution is 5.36. The minimum atomic E-state index is -0.289. The van der Waals surface area contributed by atoms with Crippen LogP contribution in [0.25, 0.3) is 0 Å².